The molecule has 0 N–H and O–H groups in total. The molecule has 0 aliphatic carbocycles. The number of carbonyl (C=O) groups excluding carboxylic acids is 1. The minimum atomic E-state index is 0.0207. The Morgan fingerprint density at radius 1 is 1.40 bits per heavy atom. The Balaban J connectivity index is 2.17. The van der Waals surface area contributed by atoms with Gasteiger partial charge in [0.05, 0.1) is 17.0 Å². The molecule has 0 bridgehead atoms. The fourth-order valence-electron chi connectivity index (χ4n) is 1.14. The molecule has 76 valence electrons. The van der Waals surface area contributed by atoms with Crippen LogP contribution in [0.1, 0.15) is 15.4 Å². The van der Waals surface area contributed by atoms with E-state index in [9.17, 15) is 4.79 Å². The third-order valence-electron chi connectivity index (χ3n) is 1.85. The van der Waals surface area contributed by atoms with Crippen LogP contribution in [-0.4, -0.2) is 15.8 Å². The van der Waals surface area contributed by atoms with Crippen molar-refractivity contribution in [3.8, 4) is 0 Å². The molecule has 0 radical (unpaired) electrons. The first-order valence-corrected chi connectivity index (χ1v) is 5.55. The van der Waals surface area contributed by atoms with Gasteiger partial charge in [-0.3, -0.25) is 9.78 Å². The van der Waals surface area contributed by atoms with Crippen LogP contribution in [0.15, 0.2) is 29.9 Å². The Hall–Kier alpha value is -1.26. The number of carbonyl (C=O) groups is 1. The van der Waals surface area contributed by atoms with Crippen molar-refractivity contribution in [3.05, 3.63) is 45.6 Å². The van der Waals surface area contributed by atoms with E-state index >= 15 is 0 Å². The van der Waals surface area contributed by atoms with Crippen molar-refractivity contribution < 1.29 is 4.79 Å². The number of rotatable bonds is 3. The van der Waals surface area contributed by atoms with Gasteiger partial charge in [0.2, 0.25) is 0 Å². The zero-order valence-corrected chi connectivity index (χ0v) is 9.26. The molecular formula is C10H7ClN2OS. The van der Waals surface area contributed by atoms with Crippen LogP contribution in [0.3, 0.4) is 0 Å². The molecule has 0 saturated carbocycles. The summed E-state index contributed by atoms with van der Waals surface area (Å²) < 4.78 is 0. The van der Waals surface area contributed by atoms with Gasteiger partial charge in [0, 0.05) is 12.4 Å². The van der Waals surface area contributed by atoms with Crippen molar-refractivity contribution in [1.82, 2.24) is 9.97 Å². The summed E-state index contributed by atoms with van der Waals surface area (Å²) in [6.45, 7) is 0. The molecule has 0 saturated heterocycles. The number of thiophene rings is 1. The largest absolute Gasteiger partial charge is 0.293 e. The number of aromatic nitrogens is 2. The first kappa shape index (κ1) is 10.3. The molecule has 0 unspecified atom stereocenters. The van der Waals surface area contributed by atoms with Gasteiger partial charge in [0.1, 0.15) is 0 Å². The molecule has 2 heterocycles. The molecule has 0 amide bonds. The summed E-state index contributed by atoms with van der Waals surface area (Å²) in [5, 5.41) is 2.16. The highest BCUT2D eigenvalue weighted by atomic mass is 35.5. The molecule has 15 heavy (non-hydrogen) atoms. The lowest BCUT2D eigenvalue weighted by atomic mass is 10.2. The lowest BCUT2D eigenvalue weighted by Gasteiger charge is -1.99. The minimum Gasteiger partial charge on any atom is -0.293 e. The van der Waals surface area contributed by atoms with E-state index < -0.39 is 0 Å². The quantitative estimate of drug-likeness (QED) is 0.772. The standard InChI is InChI=1S/C10H7ClN2OS/c11-10-7(12-3-4-13-10)6-8(14)9-2-1-5-15-9/h1-5H,6H2. The first-order valence-electron chi connectivity index (χ1n) is 4.29. The second-order valence-electron chi connectivity index (χ2n) is 2.87. The third kappa shape index (κ3) is 2.40. The molecule has 0 aromatic carbocycles. The zero-order chi connectivity index (χ0) is 10.7. The van der Waals surface area contributed by atoms with Crippen LogP contribution in [0.5, 0.6) is 0 Å². The SMILES string of the molecule is O=C(Cc1nccnc1Cl)c1cccs1. The van der Waals surface area contributed by atoms with Crippen molar-refractivity contribution in [2.24, 2.45) is 0 Å². The molecule has 3 nitrogen and oxygen atoms in total. The van der Waals surface area contributed by atoms with Crippen LogP contribution in [0.4, 0.5) is 0 Å². The van der Waals surface area contributed by atoms with Gasteiger partial charge in [0.15, 0.2) is 10.9 Å². The average molecular weight is 239 g/mol. The van der Waals surface area contributed by atoms with Crippen LogP contribution in [0.2, 0.25) is 5.15 Å². The van der Waals surface area contributed by atoms with Gasteiger partial charge in [-0.2, -0.15) is 0 Å². The molecule has 2 aromatic rings. The Labute approximate surface area is 95.8 Å². The summed E-state index contributed by atoms with van der Waals surface area (Å²) in [4.78, 5) is 20.3. The van der Waals surface area contributed by atoms with Crippen LogP contribution >= 0.6 is 22.9 Å². The van der Waals surface area contributed by atoms with Gasteiger partial charge in [0.25, 0.3) is 0 Å². The molecule has 2 rings (SSSR count). The Morgan fingerprint density at radius 2 is 2.20 bits per heavy atom. The summed E-state index contributed by atoms with van der Waals surface area (Å²) in [5.74, 6) is 0.0207. The van der Waals surface area contributed by atoms with Crippen LogP contribution in [0, 0.1) is 0 Å². The number of Topliss-reactive ketones (excluding diaryl/α,β-unsaturated/α-hetero) is 1. The zero-order valence-electron chi connectivity index (χ0n) is 7.68. The van der Waals surface area contributed by atoms with Gasteiger partial charge in [-0.1, -0.05) is 17.7 Å². The van der Waals surface area contributed by atoms with Crippen LogP contribution in [0.25, 0.3) is 0 Å². The normalized spacial score (nSPS) is 10.2. The lowest BCUT2D eigenvalue weighted by Crippen LogP contribution is -2.04. The highest BCUT2D eigenvalue weighted by molar-refractivity contribution is 7.12. The van der Waals surface area contributed by atoms with E-state index in [-0.39, 0.29) is 12.2 Å². The van der Waals surface area contributed by atoms with E-state index in [4.69, 9.17) is 11.6 Å². The van der Waals surface area contributed by atoms with Crippen LogP contribution in [-0.2, 0) is 6.42 Å². The smallest absolute Gasteiger partial charge is 0.178 e. The summed E-state index contributed by atoms with van der Waals surface area (Å²) in [7, 11) is 0. The van der Waals surface area contributed by atoms with Crippen molar-refractivity contribution >= 4 is 28.7 Å². The highest BCUT2D eigenvalue weighted by Gasteiger charge is 2.11. The summed E-state index contributed by atoms with van der Waals surface area (Å²) in [5.41, 5.74) is 0.526. The molecule has 0 fully saturated rings. The van der Waals surface area contributed by atoms with Gasteiger partial charge in [-0.15, -0.1) is 11.3 Å². The van der Waals surface area contributed by atoms with Crippen molar-refractivity contribution in [2.45, 2.75) is 6.42 Å². The summed E-state index contributed by atoms with van der Waals surface area (Å²) in [6, 6.07) is 3.63. The Bertz CT molecular complexity index is 470. The molecule has 0 aliphatic rings. The van der Waals surface area contributed by atoms with Gasteiger partial charge in [-0.05, 0) is 11.4 Å². The van der Waals surface area contributed by atoms with E-state index in [1.807, 2.05) is 11.4 Å². The fourth-order valence-corrected chi connectivity index (χ4v) is 1.98. The molecule has 0 spiro atoms. The molecule has 5 heteroatoms. The molecule has 2 aromatic heterocycles. The fraction of sp³-hybridized carbons (Fsp3) is 0.100. The van der Waals surface area contributed by atoms with E-state index in [2.05, 4.69) is 9.97 Å². The van der Waals surface area contributed by atoms with E-state index in [0.29, 0.717) is 10.8 Å². The second-order valence-corrected chi connectivity index (χ2v) is 4.18. The average Bonchev–Trinajstić information content (AvgIpc) is 2.74. The van der Waals surface area contributed by atoms with Crippen molar-refractivity contribution in [2.75, 3.05) is 0 Å². The van der Waals surface area contributed by atoms with Gasteiger partial charge in [-0.25, -0.2) is 4.98 Å². The van der Waals surface area contributed by atoms with Crippen molar-refractivity contribution in [3.63, 3.8) is 0 Å². The van der Waals surface area contributed by atoms with Crippen molar-refractivity contribution in [1.29, 1.82) is 0 Å². The third-order valence-corrected chi connectivity index (χ3v) is 3.07. The maximum absolute atomic E-state index is 11.7. The molecular weight excluding hydrogens is 232 g/mol. The number of ketones is 1. The second kappa shape index (κ2) is 4.51. The summed E-state index contributed by atoms with van der Waals surface area (Å²) >= 11 is 7.22. The number of nitrogens with zero attached hydrogens (tertiary/aromatic N) is 2. The topological polar surface area (TPSA) is 42.9 Å². The maximum atomic E-state index is 11.7. The van der Waals surface area contributed by atoms with E-state index in [0.717, 1.165) is 4.88 Å². The maximum Gasteiger partial charge on any atom is 0.178 e. The minimum absolute atomic E-state index is 0.0207. The molecule has 0 atom stereocenters. The monoisotopic (exact) mass is 238 g/mol. The van der Waals surface area contributed by atoms with Gasteiger partial charge < -0.3 is 0 Å². The number of hydrogen-bond acceptors (Lipinski definition) is 4. The van der Waals surface area contributed by atoms with Gasteiger partial charge >= 0.3 is 0 Å². The predicted molar refractivity (Wildman–Crippen MR) is 59.4 cm³/mol. The van der Waals surface area contributed by atoms with E-state index in [1.165, 1.54) is 23.7 Å². The number of hydrogen-bond donors (Lipinski definition) is 0. The Kier molecular flexibility index (Phi) is 3.08. The number of halogens is 1. The van der Waals surface area contributed by atoms with E-state index in [1.54, 1.807) is 6.07 Å². The molecule has 0 aliphatic heterocycles. The lowest BCUT2D eigenvalue weighted by molar-refractivity contribution is 0.0995. The summed E-state index contributed by atoms with van der Waals surface area (Å²) in [6.07, 6.45) is 3.23. The highest BCUT2D eigenvalue weighted by Crippen LogP contribution is 2.15. The van der Waals surface area contributed by atoms with Crippen LogP contribution < -0.4 is 0 Å². The predicted octanol–water partition coefficient (Wildman–Crippen LogP) is 2.62. The Morgan fingerprint density at radius 3 is 2.87 bits per heavy atom. The first-order chi connectivity index (χ1) is 7.27.